The van der Waals surface area contributed by atoms with E-state index in [2.05, 4.69) is 9.97 Å². The summed E-state index contributed by atoms with van der Waals surface area (Å²) < 4.78 is 14.0. The number of carbonyl (C=O) groups excluding carboxylic acids is 1. The van der Waals surface area contributed by atoms with Crippen LogP contribution in [-0.4, -0.2) is 33.9 Å². The van der Waals surface area contributed by atoms with Crippen molar-refractivity contribution in [3.05, 3.63) is 64.7 Å². The molecule has 2 aromatic carbocycles. The van der Waals surface area contributed by atoms with E-state index in [0.717, 1.165) is 29.7 Å². The summed E-state index contributed by atoms with van der Waals surface area (Å²) in [5, 5.41) is 0.357. The molecule has 0 spiro atoms. The Balaban J connectivity index is 1.58. The molecule has 1 aliphatic rings. The van der Waals surface area contributed by atoms with Crippen molar-refractivity contribution in [3.8, 4) is 0 Å². The maximum Gasteiger partial charge on any atom is 0.256 e. The van der Waals surface area contributed by atoms with Crippen LogP contribution < -0.4 is 0 Å². The molecule has 0 unspecified atom stereocenters. The van der Waals surface area contributed by atoms with Gasteiger partial charge in [-0.25, -0.2) is 9.37 Å². The smallest absolute Gasteiger partial charge is 0.256 e. The Hall–Kier alpha value is -2.40. The van der Waals surface area contributed by atoms with Crippen molar-refractivity contribution in [2.75, 3.05) is 13.1 Å². The van der Waals surface area contributed by atoms with Crippen molar-refractivity contribution in [2.45, 2.75) is 18.8 Å². The van der Waals surface area contributed by atoms with Crippen molar-refractivity contribution >= 4 is 28.5 Å². The number of carbonyl (C=O) groups is 1. The molecule has 1 aromatic heterocycles. The molecule has 0 aliphatic carbocycles. The third kappa shape index (κ3) is 3.12. The lowest BCUT2D eigenvalue weighted by Crippen LogP contribution is -2.39. The molecule has 3 aromatic rings. The number of aromatic amines is 1. The first-order chi connectivity index (χ1) is 12.1. The number of nitrogens with one attached hydrogen (secondary N) is 1. The summed E-state index contributed by atoms with van der Waals surface area (Å²) in [6, 6.07) is 11.9. The number of imidazole rings is 1. The van der Waals surface area contributed by atoms with Gasteiger partial charge in [-0.2, -0.15) is 0 Å². The molecule has 25 heavy (non-hydrogen) atoms. The highest BCUT2D eigenvalue weighted by atomic mass is 35.5. The molecule has 1 amide bonds. The van der Waals surface area contributed by atoms with Gasteiger partial charge in [0.25, 0.3) is 5.91 Å². The number of H-pyrrole nitrogens is 1. The van der Waals surface area contributed by atoms with Crippen LogP contribution in [0.4, 0.5) is 4.39 Å². The Morgan fingerprint density at radius 2 is 2.12 bits per heavy atom. The van der Waals surface area contributed by atoms with Gasteiger partial charge >= 0.3 is 0 Å². The Labute approximate surface area is 149 Å². The lowest BCUT2D eigenvalue weighted by atomic mass is 9.96. The van der Waals surface area contributed by atoms with Gasteiger partial charge in [-0.3, -0.25) is 4.79 Å². The lowest BCUT2D eigenvalue weighted by molar-refractivity contribution is 0.0700. The Bertz CT molecular complexity index is 906. The SMILES string of the molecule is O=C(c1cc(Cl)ccc1F)N1CCC[C@H](c2nc3ccccc3[nH]2)C1. The predicted molar refractivity (Wildman–Crippen MR) is 95.4 cm³/mol. The van der Waals surface area contributed by atoms with Crippen LogP contribution in [0.5, 0.6) is 0 Å². The fraction of sp³-hybridized carbons (Fsp3) is 0.263. The van der Waals surface area contributed by atoms with Gasteiger partial charge in [-0.05, 0) is 43.2 Å². The summed E-state index contributed by atoms with van der Waals surface area (Å²) in [4.78, 5) is 22.4. The third-order valence-electron chi connectivity index (χ3n) is 4.66. The van der Waals surface area contributed by atoms with E-state index in [1.807, 2.05) is 24.3 Å². The van der Waals surface area contributed by atoms with Crippen molar-refractivity contribution in [1.82, 2.24) is 14.9 Å². The first-order valence-electron chi connectivity index (χ1n) is 8.31. The molecule has 4 nitrogen and oxygen atoms in total. The molecule has 6 heteroatoms. The first kappa shape index (κ1) is 16.1. The molecule has 1 aliphatic heterocycles. The van der Waals surface area contributed by atoms with E-state index in [-0.39, 0.29) is 17.4 Å². The second kappa shape index (κ2) is 6.48. The number of aromatic nitrogens is 2. The Kier molecular flexibility index (Phi) is 4.17. The molecular weight excluding hydrogens is 341 g/mol. The van der Waals surface area contributed by atoms with Gasteiger partial charge in [0.1, 0.15) is 11.6 Å². The molecule has 4 rings (SSSR count). The molecule has 1 saturated heterocycles. The van der Waals surface area contributed by atoms with Crippen molar-refractivity contribution in [1.29, 1.82) is 0 Å². The Morgan fingerprint density at radius 1 is 1.28 bits per heavy atom. The largest absolute Gasteiger partial charge is 0.342 e. The van der Waals surface area contributed by atoms with E-state index in [4.69, 9.17) is 11.6 Å². The van der Waals surface area contributed by atoms with Crippen LogP contribution in [0.1, 0.15) is 34.9 Å². The van der Waals surface area contributed by atoms with Crippen molar-refractivity contribution in [2.24, 2.45) is 0 Å². The number of halogens is 2. The number of piperidine rings is 1. The van der Waals surface area contributed by atoms with Crippen LogP contribution in [0.15, 0.2) is 42.5 Å². The maximum atomic E-state index is 14.0. The predicted octanol–water partition coefficient (Wildman–Crippen LogP) is 4.38. The van der Waals surface area contributed by atoms with E-state index in [0.29, 0.717) is 18.1 Å². The van der Waals surface area contributed by atoms with Gasteiger partial charge in [-0.15, -0.1) is 0 Å². The average molecular weight is 358 g/mol. The second-order valence-electron chi connectivity index (χ2n) is 6.35. The molecule has 2 heterocycles. The molecule has 128 valence electrons. The van der Waals surface area contributed by atoms with Crippen LogP contribution in [0.25, 0.3) is 11.0 Å². The van der Waals surface area contributed by atoms with Crippen molar-refractivity contribution in [3.63, 3.8) is 0 Å². The fourth-order valence-corrected chi connectivity index (χ4v) is 3.55. The number of amides is 1. The minimum Gasteiger partial charge on any atom is -0.342 e. The number of hydrogen-bond acceptors (Lipinski definition) is 2. The van der Waals surface area contributed by atoms with Crippen LogP contribution in [-0.2, 0) is 0 Å². The van der Waals surface area contributed by atoms with Crippen LogP contribution >= 0.6 is 11.6 Å². The number of rotatable bonds is 2. The van der Waals surface area contributed by atoms with Gasteiger partial charge in [-0.1, -0.05) is 23.7 Å². The average Bonchev–Trinajstić information content (AvgIpc) is 3.07. The fourth-order valence-electron chi connectivity index (χ4n) is 3.38. The van der Waals surface area contributed by atoms with Gasteiger partial charge in [0.2, 0.25) is 0 Å². The number of benzene rings is 2. The van der Waals surface area contributed by atoms with Gasteiger partial charge < -0.3 is 9.88 Å². The quantitative estimate of drug-likeness (QED) is 0.740. The summed E-state index contributed by atoms with van der Waals surface area (Å²) in [5.74, 6) is 0.138. The molecule has 0 bridgehead atoms. The minimum absolute atomic E-state index is 0.0257. The van der Waals surface area contributed by atoms with E-state index < -0.39 is 5.82 Å². The van der Waals surface area contributed by atoms with E-state index in [1.165, 1.54) is 18.2 Å². The van der Waals surface area contributed by atoms with Gasteiger partial charge in [0.15, 0.2) is 0 Å². The number of para-hydroxylation sites is 2. The summed E-state index contributed by atoms with van der Waals surface area (Å²) in [7, 11) is 0. The second-order valence-corrected chi connectivity index (χ2v) is 6.79. The van der Waals surface area contributed by atoms with Crippen LogP contribution in [0, 0.1) is 5.82 Å². The third-order valence-corrected chi connectivity index (χ3v) is 4.90. The van der Waals surface area contributed by atoms with Crippen LogP contribution in [0.3, 0.4) is 0 Å². The highest BCUT2D eigenvalue weighted by Gasteiger charge is 2.28. The molecule has 1 fully saturated rings. The maximum absolute atomic E-state index is 14.0. The van der Waals surface area contributed by atoms with Crippen LogP contribution in [0.2, 0.25) is 5.02 Å². The number of hydrogen-bond donors (Lipinski definition) is 1. The molecule has 0 radical (unpaired) electrons. The summed E-state index contributed by atoms with van der Waals surface area (Å²) >= 11 is 5.92. The minimum atomic E-state index is -0.541. The highest BCUT2D eigenvalue weighted by molar-refractivity contribution is 6.31. The molecular formula is C19H17ClFN3O. The van der Waals surface area contributed by atoms with E-state index in [1.54, 1.807) is 4.90 Å². The number of likely N-dealkylation sites (tertiary alicyclic amines) is 1. The number of nitrogens with zero attached hydrogens (tertiary/aromatic N) is 2. The zero-order valence-electron chi connectivity index (χ0n) is 13.5. The van der Waals surface area contributed by atoms with E-state index >= 15 is 0 Å². The van der Waals surface area contributed by atoms with Gasteiger partial charge in [0.05, 0.1) is 16.6 Å². The summed E-state index contributed by atoms with van der Waals surface area (Å²) in [6.07, 6.45) is 1.80. The molecule has 1 atom stereocenters. The number of fused-ring (bicyclic) bond motifs is 1. The molecule has 1 N–H and O–H groups in total. The monoisotopic (exact) mass is 357 g/mol. The lowest BCUT2D eigenvalue weighted by Gasteiger charge is -2.32. The summed E-state index contributed by atoms with van der Waals surface area (Å²) in [5.41, 5.74) is 1.93. The standard InChI is InChI=1S/C19H17ClFN3O/c20-13-7-8-15(21)14(10-13)19(25)24-9-3-4-12(11-24)18-22-16-5-1-2-6-17(16)23-18/h1-2,5-8,10,12H,3-4,9,11H2,(H,22,23)/t12-/m0/s1. The zero-order chi connectivity index (χ0) is 17.4. The zero-order valence-corrected chi connectivity index (χ0v) is 14.3. The van der Waals surface area contributed by atoms with E-state index in [9.17, 15) is 9.18 Å². The highest BCUT2D eigenvalue weighted by Crippen LogP contribution is 2.28. The molecule has 0 saturated carbocycles. The van der Waals surface area contributed by atoms with Crippen molar-refractivity contribution < 1.29 is 9.18 Å². The first-order valence-corrected chi connectivity index (χ1v) is 8.68. The Morgan fingerprint density at radius 3 is 2.96 bits per heavy atom. The van der Waals surface area contributed by atoms with Gasteiger partial charge in [0, 0.05) is 24.0 Å². The topological polar surface area (TPSA) is 49.0 Å². The summed E-state index contributed by atoms with van der Waals surface area (Å²) in [6.45, 7) is 1.13. The normalized spacial score (nSPS) is 17.8.